The maximum absolute atomic E-state index is 10.9. The highest BCUT2D eigenvalue weighted by molar-refractivity contribution is 6.24. The summed E-state index contributed by atoms with van der Waals surface area (Å²) >= 11 is 0. The van der Waals surface area contributed by atoms with Crippen LogP contribution in [0.5, 0.6) is 5.75 Å². The summed E-state index contributed by atoms with van der Waals surface area (Å²) in [6.07, 6.45) is 0. The van der Waals surface area contributed by atoms with Gasteiger partial charge in [-0.15, -0.1) is 0 Å². The molecular weight excluding hydrogens is 797 g/mol. The normalized spacial score (nSPS) is 11.8. The van der Waals surface area contributed by atoms with Crippen molar-refractivity contribution < 1.29 is 13.9 Å². The molecule has 0 saturated heterocycles. The van der Waals surface area contributed by atoms with Crippen LogP contribution in [0, 0.1) is 0 Å². The lowest BCUT2D eigenvalue weighted by molar-refractivity contribution is 0.477. The number of aromatic hydroxyl groups is 1. The van der Waals surface area contributed by atoms with Crippen molar-refractivity contribution in [3.63, 3.8) is 0 Å². The van der Waals surface area contributed by atoms with Gasteiger partial charge in [0.15, 0.2) is 0 Å². The number of hydrogen-bond acceptors (Lipinski definition) is 4. The Hall–Kier alpha value is -8.80. The number of nitrogens with zero attached hydrogens (tertiary/aromatic N) is 1. The first kappa shape index (κ1) is 36.8. The van der Waals surface area contributed by atoms with Crippen molar-refractivity contribution in [2.45, 2.75) is 0 Å². The Kier molecular flexibility index (Phi) is 8.30. The van der Waals surface area contributed by atoms with Gasteiger partial charge in [0, 0.05) is 55.1 Å². The third-order valence-corrected chi connectivity index (χ3v) is 12.9. The Labute approximate surface area is 373 Å². The van der Waals surface area contributed by atoms with Gasteiger partial charge in [-0.3, -0.25) is 0 Å². The fourth-order valence-electron chi connectivity index (χ4n) is 9.80. The smallest absolute Gasteiger partial charge is 0.145 e. The minimum absolute atomic E-state index is 0.249. The van der Waals surface area contributed by atoms with Gasteiger partial charge >= 0.3 is 0 Å². The Morgan fingerprint density at radius 1 is 0.369 bits per heavy atom. The van der Waals surface area contributed by atoms with Crippen LogP contribution < -0.4 is 5.32 Å². The number of phenolic OH excluding ortho intramolecular Hbond substituents is 1. The Morgan fingerprint density at radius 2 is 1.02 bits per heavy atom. The molecule has 0 spiro atoms. The molecule has 2 N–H and O–H groups in total. The predicted octanol–water partition coefficient (Wildman–Crippen LogP) is 16.7. The molecule has 0 bridgehead atoms. The van der Waals surface area contributed by atoms with Crippen molar-refractivity contribution in [3.05, 3.63) is 218 Å². The molecular formula is C60H38N2O3. The maximum Gasteiger partial charge on any atom is 0.145 e. The molecule has 0 saturated carbocycles. The molecule has 0 unspecified atom stereocenters. The average Bonchev–Trinajstić information content (AvgIpc) is 4.04. The summed E-state index contributed by atoms with van der Waals surface area (Å²) in [6, 6.07) is 75.7. The first-order valence-electron chi connectivity index (χ1n) is 21.9. The van der Waals surface area contributed by atoms with Crippen molar-refractivity contribution in [3.8, 4) is 55.9 Å². The topological polar surface area (TPSA) is 63.5 Å². The van der Waals surface area contributed by atoms with Crippen molar-refractivity contribution >= 4 is 77.1 Å². The molecule has 306 valence electrons. The molecule has 0 atom stereocenters. The largest absolute Gasteiger partial charge is 0.507 e. The third-order valence-electron chi connectivity index (χ3n) is 12.9. The van der Waals surface area contributed by atoms with Gasteiger partial charge in [0.1, 0.15) is 28.1 Å². The zero-order chi connectivity index (χ0) is 43.0. The number of aromatic nitrogens is 1. The molecule has 65 heavy (non-hydrogen) atoms. The van der Waals surface area contributed by atoms with Gasteiger partial charge in [0.25, 0.3) is 0 Å². The number of anilines is 2. The number of para-hydroxylation sites is 3. The highest BCUT2D eigenvalue weighted by atomic mass is 16.3. The van der Waals surface area contributed by atoms with E-state index < -0.39 is 0 Å². The molecule has 0 aliphatic heterocycles. The molecule has 0 aliphatic rings. The van der Waals surface area contributed by atoms with Crippen LogP contribution in [0.1, 0.15) is 0 Å². The van der Waals surface area contributed by atoms with Crippen LogP contribution >= 0.6 is 0 Å². The first-order valence-corrected chi connectivity index (χ1v) is 21.9. The SMILES string of the molecule is Oc1ccc(-n2c3ccccc3c3c4oc5ccc(-c6cccc(Nc7ccccc7-c7cccc(-c8ccc9oc%10ccccc%10c9c8)c7)c6)cc5c4ccc32)cc1-c1ccccc1. The van der Waals surface area contributed by atoms with E-state index in [1.807, 2.05) is 48.5 Å². The minimum Gasteiger partial charge on any atom is -0.507 e. The van der Waals surface area contributed by atoms with Crippen LogP contribution in [0.25, 0.3) is 116 Å². The number of furan rings is 2. The van der Waals surface area contributed by atoms with Crippen LogP contribution in [-0.4, -0.2) is 9.67 Å². The number of benzene rings is 10. The van der Waals surface area contributed by atoms with E-state index in [0.717, 1.165) is 127 Å². The Bertz CT molecular complexity index is 4000. The predicted molar refractivity (Wildman–Crippen MR) is 268 cm³/mol. The van der Waals surface area contributed by atoms with E-state index in [9.17, 15) is 5.11 Å². The lowest BCUT2D eigenvalue weighted by atomic mass is 9.97. The molecule has 5 heteroatoms. The van der Waals surface area contributed by atoms with Crippen molar-refractivity contribution in [1.82, 2.24) is 4.57 Å². The molecule has 3 aromatic heterocycles. The monoisotopic (exact) mass is 834 g/mol. The number of rotatable bonds is 7. The Balaban J connectivity index is 0.847. The molecule has 0 amide bonds. The van der Waals surface area contributed by atoms with Gasteiger partial charge in [-0.2, -0.15) is 0 Å². The highest BCUT2D eigenvalue weighted by Crippen LogP contribution is 2.43. The van der Waals surface area contributed by atoms with Crippen molar-refractivity contribution in [1.29, 1.82) is 0 Å². The third kappa shape index (κ3) is 6.09. The molecule has 13 aromatic rings. The van der Waals surface area contributed by atoms with Crippen molar-refractivity contribution in [2.75, 3.05) is 5.32 Å². The lowest BCUT2D eigenvalue weighted by Gasteiger charge is -2.14. The van der Waals surface area contributed by atoms with Gasteiger partial charge in [0.05, 0.1) is 16.4 Å². The van der Waals surface area contributed by atoms with Gasteiger partial charge in [-0.05, 0) is 124 Å². The van der Waals surface area contributed by atoms with Crippen LogP contribution in [0.3, 0.4) is 0 Å². The summed E-state index contributed by atoms with van der Waals surface area (Å²) in [6.45, 7) is 0. The molecule has 0 aliphatic carbocycles. The number of phenols is 1. The molecule has 3 heterocycles. The molecule has 5 nitrogen and oxygen atoms in total. The van der Waals surface area contributed by atoms with E-state index in [0.29, 0.717) is 0 Å². The second-order valence-corrected chi connectivity index (χ2v) is 16.7. The first-order chi connectivity index (χ1) is 32.1. The summed E-state index contributed by atoms with van der Waals surface area (Å²) in [5.41, 5.74) is 17.1. The highest BCUT2D eigenvalue weighted by Gasteiger charge is 2.20. The van der Waals surface area contributed by atoms with Crippen LogP contribution in [-0.2, 0) is 0 Å². The van der Waals surface area contributed by atoms with E-state index in [2.05, 4.69) is 174 Å². The van der Waals surface area contributed by atoms with Crippen LogP contribution in [0.4, 0.5) is 11.4 Å². The average molecular weight is 835 g/mol. The van der Waals surface area contributed by atoms with E-state index in [4.69, 9.17) is 8.83 Å². The van der Waals surface area contributed by atoms with Crippen LogP contribution in [0.2, 0.25) is 0 Å². The number of nitrogens with one attached hydrogen (secondary N) is 1. The number of hydrogen-bond donors (Lipinski definition) is 2. The fourth-order valence-corrected chi connectivity index (χ4v) is 9.80. The lowest BCUT2D eigenvalue weighted by Crippen LogP contribution is -1.94. The van der Waals surface area contributed by atoms with E-state index in [-0.39, 0.29) is 5.75 Å². The summed E-state index contributed by atoms with van der Waals surface area (Å²) in [5.74, 6) is 0.249. The van der Waals surface area contributed by atoms with Gasteiger partial charge in [-0.25, -0.2) is 0 Å². The molecule has 10 aromatic carbocycles. The second kappa shape index (κ2) is 14.7. The summed E-state index contributed by atoms with van der Waals surface area (Å²) in [5, 5.41) is 21.2. The minimum atomic E-state index is 0.249. The zero-order valence-electron chi connectivity index (χ0n) is 35.0. The summed E-state index contributed by atoms with van der Waals surface area (Å²) in [7, 11) is 0. The van der Waals surface area contributed by atoms with E-state index in [1.54, 1.807) is 6.07 Å². The quantitative estimate of drug-likeness (QED) is 0.168. The van der Waals surface area contributed by atoms with E-state index >= 15 is 0 Å². The van der Waals surface area contributed by atoms with Gasteiger partial charge in [0.2, 0.25) is 0 Å². The van der Waals surface area contributed by atoms with Crippen molar-refractivity contribution in [2.24, 2.45) is 0 Å². The Morgan fingerprint density at radius 3 is 1.88 bits per heavy atom. The molecule has 0 fully saturated rings. The summed E-state index contributed by atoms with van der Waals surface area (Å²) < 4.78 is 15.2. The zero-order valence-corrected chi connectivity index (χ0v) is 35.0. The maximum atomic E-state index is 10.9. The van der Waals surface area contributed by atoms with Gasteiger partial charge in [-0.1, -0.05) is 127 Å². The standard InChI is InChI=1S/C60H38N2O3/c63-55-29-26-44(36-49(55)37-12-2-1-3-13-37)62-53-22-8-5-20-48(53)59-54(62)28-27-47-51-35-41(25-31-58(51)65-60(47)59)39-15-11-17-43(33-39)61-52-21-7-4-18-45(52)42-16-10-14-38(32-42)40-24-30-57-50(34-40)46-19-6-9-23-56(46)64-57/h1-36,61,63H. The van der Waals surface area contributed by atoms with Crippen LogP contribution in [0.15, 0.2) is 227 Å². The van der Waals surface area contributed by atoms with E-state index in [1.165, 1.54) is 0 Å². The number of fused-ring (bicyclic) bond motifs is 10. The van der Waals surface area contributed by atoms with Gasteiger partial charge < -0.3 is 23.8 Å². The molecule has 13 rings (SSSR count). The molecule has 0 radical (unpaired) electrons. The fraction of sp³-hybridized carbons (Fsp3) is 0. The summed E-state index contributed by atoms with van der Waals surface area (Å²) in [4.78, 5) is 0. The second-order valence-electron chi connectivity index (χ2n) is 16.7.